The van der Waals surface area contributed by atoms with Gasteiger partial charge in [-0.15, -0.1) is 0 Å². The predicted molar refractivity (Wildman–Crippen MR) is 72.6 cm³/mol. The lowest BCUT2D eigenvalue weighted by Gasteiger charge is -2.16. The van der Waals surface area contributed by atoms with Crippen molar-refractivity contribution in [2.24, 2.45) is 5.73 Å². The highest BCUT2D eigenvalue weighted by atomic mass is 19.4. The number of nitrogens with two attached hydrogens (primary N) is 1. The van der Waals surface area contributed by atoms with Gasteiger partial charge in [0.25, 0.3) is 0 Å². The summed E-state index contributed by atoms with van der Waals surface area (Å²) in [4.78, 5) is 10.2. The van der Waals surface area contributed by atoms with Crippen molar-refractivity contribution >= 4 is 5.69 Å². The second-order valence-corrected chi connectivity index (χ2v) is 4.56. The average molecular weight is 330 g/mol. The van der Waals surface area contributed by atoms with E-state index in [-0.39, 0.29) is 11.5 Å². The van der Waals surface area contributed by atoms with Crippen LogP contribution in [0.3, 0.4) is 0 Å². The first-order valence-electron chi connectivity index (χ1n) is 6.22. The molecule has 0 saturated heterocycles. The van der Waals surface area contributed by atoms with Crippen LogP contribution in [0.25, 0.3) is 0 Å². The molecule has 0 heterocycles. The van der Waals surface area contributed by atoms with Gasteiger partial charge in [-0.05, 0) is 35.9 Å². The molecule has 2 N–H and O–H groups in total. The number of nitro benzene ring substituents is 1. The maximum Gasteiger partial charge on any atom is 0.407 e. The Kier molecular flexibility index (Phi) is 4.50. The van der Waals surface area contributed by atoms with Crippen LogP contribution in [0.4, 0.5) is 23.2 Å². The number of halogens is 4. The highest BCUT2D eigenvalue weighted by Crippen LogP contribution is 2.37. The lowest BCUT2D eigenvalue weighted by atomic mass is 10.1. The monoisotopic (exact) mass is 330 g/mol. The molecule has 0 aliphatic rings. The summed E-state index contributed by atoms with van der Waals surface area (Å²) in [7, 11) is 0. The van der Waals surface area contributed by atoms with Gasteiger partial charge >= 0.3 is 11.9 Å². The number of rotatable bonds is 4. The van der Waals surface area contributed by atoms with Crippen LogP contribution < -0.4 is 10.5 Å². The quantitative estimate of drug-likeness (QED) is 0.520. The summed E-state index contributed by atoms with van der Waals surface area (Å²) in [5, 5.41) is 11.0. The Labute approximate surface area is 127 Å². The van der Waals surface area contributed by atoms with Gasteiger partial charge in [0.2, 0.25) is 5.75 Å². The number of hydrogen-bond donors (Lipinski definition) is 1. The fourth-order valence-corrected chi connectivity index (χ4v) is 1.78. The van der Waals surface area contributed by atoms with E-state index in [4.69, 9.17) is 10.5 Å². The lowest BCUT2D eigenvalue weighted by molar-refractivity contribution is -0.385. The molecule has 0 aromatic heterocycles. The summed E-state index contributed by atoms with van der Waals surface area (Å²) in [6.07, 6.45) is -4.73. The summed E-state index contributed by atoms with van der Waals surface area (Å²) in [5.74, 6) is -0.708. The van der Waals surface area contributed by atoms with Crippen LogP contribution in [-0.4, -0.2) is 11.1 Å². The Bertz CT molecular complexity index is 717. The highest BCUT2D eigenvalue weighted by Gasteiger charge is 2.38. The number of benzene rings is 2. The van der Waals surface area contributed by atoms with E-state index in [2.05, 4.69) is 0 Å². The SMILES string of the molecule is N[C@@H](c1ccc(Oc2ccc(F)cc2)c([N+](=O)[O-])c1)C(F)(F)F. The number of ether oxygens (including phenoxy) is 1. The highest BCUT2D eigenvalue weighted by molar-refractivity contribution is 5.51. The second-order valence-electron chi connectivity index (χ2n) is 4.56. The van der Waals surface area contributed by atoms with Crippen LogP contribution in [-0.2, 0) is 0 Å². The van der Waals surface area contributed by atoms with Gasteiger partial charge in [0.1, 0.15) is 17.6 Å². The molecular weight excluding hydrogens is 320 g/mol. The summed E-state index contributed by atoms with van der Waals surface area (Å²) < 4.78 is 55.8. The normalized spacial score (nSPS) is 12.7. The van der Waals surface area contributed by atoms with Crippen molar-refractivity contribution in [1.82, 2.24) is 0 Å². The van der Waals surface area contributed by atoms with Crippen LogP contribution in [0.2, 0.25) is 0 Å². The van der Waals surface area contributed by atoms with Gasteiger partial charge in [-0.3, -0.25) is 10.1 Å². The van der Waals surface area contributed by atoms with Crippen molar-refractivity contribution in [1.29, 1.82) is 0 Å². The molecule has 122 valence electrons. The zero-order valence-corrected chi connectivity index (χ0v) is 11.4. The first-order valence-corrected chi connectivity index (χ1v) is 6.22. The maximum atomic E-state index is 12.8. The molecule has 2 aromatic carbocycles. The third-order valence-electron chi connectivity index (χ3n) is 2.93. The van der Waals surface area contributed by atoms with E-state index in [0.717, 1.165) is 24.3 Å². The maximum absolute atomic E-state index is 12.8. The molecule has 0 saturated carbocycles. The van der Waals surface area contributed by atoms with Gasteiger partial charge in [0.05, 0.1) is 4.92 Å². The molecule has 0 aliphatic heterocycles. The lowest BCUT2D eigenvalue weighted by Crippen LogP contribution is -2.28. The molecule has 0 amide bonds. The van der Waals surface area contributed by atoms with Crippen LogP contribution in [0.15, 0.2) is 42.5 Å². The molecule has 0 fully saturated rings. The first kappa shape index (κ1) is 16.7. The summed E-state index contributed by atoms with van der Waals surface area (Å²) in [6, 6.07) is 4.98. The van der Waals surface area contributed by atoms with Crippen LogP contribution in [0.1, 0.15) is 11.6 Å². The minimum Gasteiger partial charge on any atom is -0.450 e. The van der Waals surface area contributed by atoms with Gasteiger partial charge in [-0.1, -0.05) is 6.07 Å². The molecule has 0 radical (unpaired) electrons. The molecule has 0 bridgehead atoms. The Morgan fingerprint density at radius 3 is 2.26 bits per heavy atom. The fraction of sp³-hybridized carbons (Fsp3) is 0.143. The van der Waals surface area contributed by atoms with Crippen LogP contribution >= 0.6 is 0 Å². The van der Waals surface area contributed by atoms with E-state index in [1.165, 1.54) is 12.1 Å². The summed E-state index contributed by atoms with van der Waals surface area (Å²) >= 11 is 0. The summed E-state index contributed by atoms with van der Waals surface area (Å²) in [6.45, 7) is 0. The molecule has 5 nitrogen and oxygen atoms in total. The largest absolute Gasteiger partial charge is 0.450 e. The number of hydrogen-bond acceptors (Lipinski definition) is 4. The van der Waals surface area contributed by atoms with E-state index >= 15 is 0 Å². The molecule has 0 aliphatic carbocycles. The second kappa shape index (κ2) is 6.21. The van der Waals surface area contributed by atoms with Crippen molar-refractivity contribution in [2.75, 3.05) is 0 Å². The predicted octanol–water partition coefficient (Wildman–Crippen LogP) is 4.09. The van der Waals surface area contributed by atoms with Gasteiger partial charge in [-0.2, -0.15) is 13.2 Å². The van der Waals surface area contributed by atoms with E-state index in [1.54, 1.807) is 0 Å². The van der Waals surface area contributed by atoms with Crippen LogP contribution in [0.5, 0.6) is 11.5 Å². The van der Waals surface area contributed by atoms with E-state index in [9.17, 15) is 27.7 Å². The van der Waals surface area contributed by atoms with Gasteiger partial charge in [0.15, 0.2) is 0 Å². The number of nitrogens with zero attached hydrogens (tertiary/aromatic N) is 1. The third-order valence-corrected chi connectivity index (χ3v) is 2.93. The van der Waals surface area contributed by atoms with Crippen molar-refractivity contribution in [3.05, 3.63) is 64.0 Å². The molecule has 1 atom stereocenters. The van der Waals surface area contributed by atoms with Gasteiger partial charge in [-0.25, -0.2) is 4.39 Å². The molecular formula is C14H10F4N2O3. The topological polar surface area (TPSA) is 78.4 Å². The minimum absolute atomic E-state index is 0.0994. The van der Waals surface area contributed by atoms with E-state index < -0.39 is 34.2 Å². The van der Waals surface area contributed by atoms with E-state index in [1.807, 2.05) is 0 Å². The summed E-state index contributed by atoms with van der Waals surface area (Å²) in [5.41, 5.74) is 3.89. The number of nitro groups is 1. The van der Waals surface area contributed by atoms with Crippen molar-refractivity contribution in [3.63, 3.8) is 0 Å². The van der Waals surface area contributed by atoms with Crippen molar-refractivity contribution in [3.8, 4) is 11.5 Å². The Morgan fingerprint density at radius 2 is 1.74 bits per heavy atom. The van der Waals surface area contributed by atoms with Gasteiger partial charge < -0.3 is 10.5 Å². The molecule has 0 spiro atoms. The van der Waals surface area contributed by atoms with Crippen molar-refractivity contribution < 1.29 is 27.2 Å². The van der Waals surface area contributed by atoms with Gasteiger partial charge in [0, 0.05) is 6.07 Å². The Hall–Kier alpha value is -2.68. The molecule has 2 rings (SSSR count). The smallest absolute Gasteiger partial charge is 0.407 e. The first-order chi connectivity index (χ1) is 10.7. The standard InChI is InChI=1S/C14H10F4N2O3/c15-9-2-4-10(5-3-9)23-12-6-1-8(7-11(12)20(21)22)13(19)14(16,17)18/h1-7,13H,19H2/t13-/m0/s1. The Morgan fingerprint density at radius 1 is 1.13 bits per heavy atom. The fourth-order valence-electron chi connectivity index (χ4n) is 1.78. The molecule has 2 aromatic rings. The van der Waals surface area contributed by atoms with E-state index in [0.29, 0.717) is 6.07 Å². The number of alkyl halides is 3. The minimum atomic E-state index is -4.73. The van der Waals surface area contributed by atoms with Crippen LogP contribution in [0, 0.1) is 15.9 Å². The molecule has 0 unspecified atom stereocenters. The average Bonchev–Trinajstić information content (AvgIpc) is 2.48. The zero-order valence-electron chi connectivity index (χ0n) is 11.4. The zero-order chi connectivity index (χ0) is 17.2. The Balaban J connectivity index is 2.37. The van der Waals surface area contributed by atoms with Crippen molar-refractivity contribution in [2.45, 2.75) is 12.2 Å². The third kappa shape index (κ3) is 3.95. The molecule has 23 heavy (non-hydrogen) atoms. The molecule has 9 heteroatoms.